The van der Waals surface area contributed by atoms with Crippen molar-refractivity contribution >= 4 is 23.4 Å². The molecule has 1 unspecified atom stereocenters. The predicted octanol–water partition coefficient (Wildman–Crippen LogP) is 4.85. The van der Waals surface area contributed by atoms with E-state index in [1.165, 1.54) is 0 Å². The molecule has 2 aromatic rings. The summed E-state index contributed by atoms with van der Waals surface area (Å²) in [6.45, 7) is 0. The Kier molecular flexibility index (Phi) is 3.14. The highest BCUT2D eigenvalue weighted by Crippen LogP contribution is 2.34. The van der Waals surface area contributed by atoms with Crippen molar-refractivity contribution in [3.05, 3.63) is 76.8 Å². The Labute approximate surface area is 119 Å². The molecular formula is C17H14ClN. The first-order chi connectivity index (χ1) is 9.69. The van der Waals surface area contributed by atoms with E-state index in [1.807, 2.05) is 60.7 Å². The van der Waals surface area contributed by atoms with Crippen LogP contribution in [-0.4, -0.2) is 6.21 Å². The smallest absolute Gasteiger partial charge is 0.0798 e. The van der Waals surface area contributed by atoms with Crippen LogP contribution in [0.5, 0.6) is 0 Å². The number of nitrogens with zero attached hydrogens (tertiary/aromatic N) is 1. The molecule has 1 heterocycles. The number of rotatable bonds is 2. The molecule has 2 aromatic carbocycles. The van der Waals surface area contributed by atoms with Crippen LogP contribution in [0.15, 0.2) is 70.7 Å². The molecule has 0 aromatic heterocycles. The molecule has 0 amide bonds. The van der Waals surface area contributed by atoms with E-state index in [0.29, 0.717) is 11.5 Å². The van der Waals surface area contributed by atoms with E-state index in [-0.39, 0.29) is 0 Å². The zero-order chi connectivity index (χ0) is 14.0. The van der Waals surface area contributed by atoms with Gasteiger partial charge in [-0.25, -0.2) is 0 Å². The highest BCUT2D eigenvalue weighted by Gasteiger charge is 2.18. The standard InChI is InChI=1S/C17H14ClN/c18-16-11-17(14-9-5-2-6-10-14)19-12-15(16)13-7-3-1-4-8-13/h1-10,12,17H,11H2/i17D. The number of allylic oxidation sites excluding steroid dienone is 1. The summed E-state index contributed by atoms with van der Waals surface area (Å²) < 4.78 is 8.53. The fraction of sp³-hybridized carbons (Fsp3) is 0.118. The second-order valence-electron chi connectivity index (χ2n) is 4.43. The first kappa shape index (κ1) is 11.0. The lowest BCUT2D eigenvalue weighted by Gasteiger charge is -2.19. The third-order valence-electron chi connectivity index (χ3n) is 3.16. The zero-order valence-electron chi connectivity index (χ0n) is 11.4. The molecule has 0 saturated heterocycles. The van der Waals surface area contributed by atoms with Gasteiger partial charge in [-0.15, -0.1) is 0 Å². The maximum atomic E-state index is 8.53. The van der Waals surface area contributed by atoms with Crippen LogP contribution in [0.3, 0.4) is 0 Å². The molecule has 94 valence electrons. The van der Waals surface area contributed by atoms with E-state index in [0.717, 1.165) is 16.7 Å². The minimum Gasteiger partial charge on any atom is -0.284 e. The second kappa shape index (κ2) is 5.41. The molecule has 1 nitrogen and oxygen atoms in total. The van der Waals surface area contributed by atoms with Gasteiger partial charge in [-0.1, -0.05) is 72.3 Å². The number of halogens is 1. The lowest BCUT2D eigenvalue weighted by Crippen LogP contribution is -2.04. The Morgan fingerprint density at radius 1 is 1.00 bits per heavy atom. The van der Waals surface area contributed by atoms with Crippen LogP contribution in [0.1, 0.15) is 24.9 Å². The van der Waals surface area contributed by atoms with Gasteiger partial charge in [-0.05, 0) is 11.1 Å². The van der Waals surface area contributed by atoms with Crippen molar-refractivity contribution in [1.82, 2.24) is 0 Å². The lowest BCUT2D eigenvalue weighted by molar-refractivity contribution is 0.735. The van der Waals surface area contributed by atoms with Crippen LogP contribution in [0.4, 0.5) is 0 Å². The van der Waals surface area contributed by atoms with E-state index in [4.69, 9.17) is 13.0 Å². The summed E-state index contributed by atoms with van der Waals surface area (Å²) in [5, 5.41) is 0.685. The number of benzene rings is 2. The Hall–Kier alpha value is -1.86. The Morgan fingerprint density at radius 3 is 2.26 bits per heavy atom. The Balaban J connectivity index is 1.95. The molecule has 0 saturated carbocycles. The van der Waals surface area contributed by atoms with Gasteiger partial charge in [0.15, 0.2) is 0 Å². The van der Waals surface area contributed by atoms with Gasteiger partial charge < -0.3 is 0 Å². The number of hydrogen-bond donors (Lipinski definition) is 0. The molecule has 1 atom stereocenters. The summed E-state index contributed by atoms with van der Waals surface area (Å²) >= 11 is 6.42. The molecule has 1 aliphatic heterocycles. The van der Waals surface area contributed by atoms with Crippen molar-refractivity contribution in [3.8, 4) is 0 Å². The molecular weight excluding hydrogens is 254 g/mol. The molecule has 1 aliphatic rings. The van der Waals surface area contributed by atoms with E-state index < -0.39 is 6.02 Å². The van der Waals surface area contributed by atoms with Gasteiger partial charge in [0.05, 0.1) is 7.39 Å². The summed E-state index contributed by atoms with van der Waals surface area (Å²) in [5.74, 6) is 0. The van der Waals surface area contributed by atoms with Crippen LogP contribution in [0.25, 0.3) is 5.57 Å². The van der Waals surface area contributed by atoms with Gasteiger partial charge in [0.2, 0.25) is 0 Å². The highest BCUT2D eigenvalue weighted by atomic mass is 35.5. The summed E-state index contributed by atoms with van der Waals surface area (Å²) in [6.07, 6.45) is 2.13. The van der Waals surface area contributed by atoms with Crippen LogP contribution < -0.4 is 0 Å². The van der Waals surface area contributed by atoms with E-state index in [2.05, 4.69) is 4.99 Å². The summed E-state index contributed by atoms with van der Waals surface area (Å²) in [6, 6.07) is 18.5. The maximum Gasteiger partial charge on any atom is 0.0798 e. The van der Waals surface area contributed by atoms with Gasteiger partial charge >= 0.3 is 0 Å². The van der Waals surface area contributed by atoms with Crippen LogP contribution >= 0.6 is 11.6 Å². The van der Waals surface area contributed by atoms with Gasteiger partial charge in [-0.2, -0.15) is 0 Å². The van der Waals surface area contributed by atoms with Crippen molar-refractivity contribution in [3.63, 3.8) is 0 Å². The summed E-state index contributed by atoms with van der Waals surface area (Å²) in [4.78, 5) is 4.44. The SMILES string of the molecule is [2H]C1(c2ccccc2)CC(Cl)=C(c2ccccc2)C=N1. The first-order valence-electron chi connectivity index (χ1n) is 6.74. The maximum absolute atomic E-state index is 8.53. The molecule has 19 heavy (non-hydrogen) atoms. The fourth-order valence-electron chi connectivity index (χ4n) is 2.16. The largest absolute Gasteiger partial charge is 0.284 e. The van der Waals surface area contributed by atoms with Gasteiger partial charge in [0, 0.05) is 23.2 Å². The zero-order valence-corrected chi connectivity index (χ0v) is 11.1. The number of aliphatic imine (C=N–C) groups is 1. The quantitative estimate of drug-likeness (QED) is 0.738. The van der Waals surface area contributed by atoms with Gasteiger partial charge in [0.25, 0.3) is 0 Å². The average Bonchev–Trinajstić information content (AvgIpc) is 2.49. The van der Waals surface area contributed by atoms with Crippen molar-refractivity contribution < 1.29 is 1.37 Å². The molecule has 0 radical (unpaired) electrons. The van der Waals surface area contributed by atoms with Crippen molar-refractivity contribution in [2.24, 2.45) is 4.99 Å². The van der Waals surface area contributed by atoms with Crippen LogP contribution in [-0.2, 0) is 0 Å². The van der Waals surface area contributed by atoms with Gasteiger partial charge in [0.1, 0.15) is 0 Å². The minimum absolute atomic E-state index is 0.402. The molecule has 0 bridgehead atoms. The van der Waals surface area contributed by atoms with Crippen molar-refractivity contribution in [2.45, 2.75) is 12.4 Å². The van der Waals surface area contributed by atoms with Crippen LogP contribution in [0.2, 0.25) is 0 Å². The predicted molar refractivity (Wildman–Crippen MR) is 81.5 cm³/mol. The summed E-state index contributed by atoms with van der Waals surface area (Å²) in [5.41, 5.74) is 2.81. The molecule has 3 rings (SSSR count). The minimum atomic E-state index is -1.02. The Bertz CT molecular complexity index is 664. The van der Waals surface area contributed by atoms with Crippen molar-refractivity contribution in [1.29, 1.82) is 0 Å². The van der Waals surface area contributed by atoms with Gasteiger partial charge in [-0.3, -0.25) is 4.99 Å². The molecule has 0 N–H and O–H groups in total. The van der Waals surface area contributed by atoms with Crippen LogP contribution in [0, 0.1) is 0 Å². The molecule has 0 aliphatic carbocycles. The third kappa shape index (κ3) is 2.61. The second-order valence-corrected chi connectivity index (χ2v) is 4.89. The average molecular weight is 269 g/mol. The topological polar surface area (TPSA) is 12.4 Å². The third-order valence-corrected chi connectivity index (χ3v) is 3.49. The number of dihydropyridines is 1. The monoisotopic (exact) mass is 268 g/mol. The molecule has 0 fully saturated rings. The summed E-state index contributed by atoms with van der Waals surface area (Å²) in [7, 11) is 0. The highest BCUT2D eigenvalue weighted by molar-refractivity contribution is 6.37. The molecule has 0 spiro atoms. The lowest BCUT2D eigenvalue weighted by atomic mass is 9.97. The fourth-order valence-corrected chi connectivity index (χ4v) is 2.44. The van der Waals surface area contributed by atoms with E-state index in [1.54, 1.807) is 6.21 Å². The number of hydrogen-bond acceptors (Lipinski definition) is 1. The van der Waals surface area contributed by atoms with E-state index in [9.17, 15) is 0 Å². The first-order valence-corrected chi connectivity index (χ1v) is 6.62. The normalized spacial score (nSPS) is 23.3. The molecule has 2 heteroatoms. The van der Waals surface area contributed by atoms with Crippen molar-refractivity contribution in [2.75, 3.05) is 0 Å². The Morgan fingerprint density at radius 2 is 1.63 bits per heavy atom. The van der Waals surface area contributed by atoms with E-state index >= 15 is 0 Å².